The van der Waals surface area contributed by atoms with Gasteiger partial charge in [-0.15, -0.1) is 0 Å². The zero-order chi connectivity index (χ0) is 10.9. The SMILES string of the molecule is CC1CP(=O)(c2ccccc2)CC(C)N1. The number of nitrogens with one attached hydrogen (secondary N) is 1. The van der Waals surface area contributed by atoms with Crippen LogP contribution in [0.25, 0.3) is 0 Å². The first-order valence-electron chi connectivity index (χ1n) is 5.50. The second kappa shape index (κ2) is 4.11. The van der Waals surface area contributed by atoms with Crippen LogP contribution in [0.1, 0.15) is 13.8 Å². The molecule has 1 heterocycles. The van der Waals surface area contributed by atoms with E-state index in [0.29, 0.717) is 12.1 Å². The van der Waals surface area contributed by atoms with Gasteiger partial charge in [-0.1, -0.05) is 30.3 Å². The molecule has 2 rings (SSSR count). The van der Waals surface area contributed by atoms with Crippen molar-refractivity contribution in [2.75, 3.05) is 12.3 Å². The molecule has 82 valence electrons. The van der Waals surface area contributed by atoms with Crippen LogP contribution in [-0.2, 0) is 4.57 Å². The summed E-state index contributed by atoms with van der Waals surface area (Å²) in [5.74, 6) is 0. The fourth-order valence-electron chi connectivity index (χ4n) is 2.46. The molecule has 0 bridgehead atoms. The van der Waals surface area contributed by atoms with Gasteiger partial charge in [-0.2, -0.15) is 0 Å². The highest BCUT2D eigenvalue weighted by molar-refractivity contribution is 7.71. The highest BCUT2D eigenvalue weighted by Gasteiger charge is 2.33. The van der Waals surface area contributed by atoms with Gasteiger partial charge in [-0.25, -0.2) is 0 Å². The Hall–Kier alpha value is -0.590. The molecule has 1 fully saturated rings. The monoisotopic (exact) mass is 223 g/mol. The lowest BCUT2D eigenvalue weighted by molar-refractivity contribution is 0.481. The molecule has 0 spiro atoms. The summed E-state index contributed by atoms with van der Waals surface area (Å²) in [4.78, 5) is 0. The van der Waals surface area contributed by atoms with Crippen molar-refractivity contribution in [2.24, 2.45) is 0 Å². The molecule has 2 nitrogen and oxygen atoms in total. The highest BCUT2D eigenvalue weighted by Crippen LogP contribution is 2.47. The van der Waals surface area contributed by atoms with E-state index in [1.54, 1.807) is 0 Å². The minimum absolute atomic E-state index is 0.361. The average molecular weight is 223 g/mol. The average Bonchev–Trinajstić information content (AvgIpc) is 2.17. The third kappa shape index (κ3) is 2.32. The third-order valence-corrected chi connectivity index (χ3v) is 6.45. The van der Waals surface area contributed by atoms with Gasteiger partial charge in [0.05, 0.1) is 0 Å². The Bertz CT molecular complexity index is 362. The van der Waals surface area contributed by atoms with Crippen molar-refractivity contribution in [2.45, 2.75) is 25.9 Å². The highest BCUT2D eigenvalue weighted by atomic mass is 31.2. The van der Waals surface area contributed by atoms with Gasteiger partial charge < -0.3 is 9.88 Å². The van der Waals surface area contributed by atoms with E-state index in [1.165, 1.54) is 0 Å². The van der Waals surface area contributed by atoms with E-state index in [4.69, 9.17) is 0 Å². The van der Waals surface area contributed by atoms with Gasteiger partial charge in [0.1, 0.15) is 7.14 Å². The Morgan fingerprint density at radius 1 is 1.13 bits per heavy atom. The van der Waals surface area contributed by atoms with E-state index in [-0.39, 0.29) is 0 Å². The number of rotatable bonds is 1. The van der Waals surface area contributed by atoms with Crippen LogP contribution in [0.4, 0.5) is 0 Å². The molecular formula is C12H18NOP. The van der Waals surface area contributed by atoms with Crippen molar-refractivity contribution < 1.29 is 4.57 Å². The molecule has 0 amide bonds. The van der Waals surface area contributed by atoms with E-state index in [0.717, 1.165) is 17.6 Å². The molecular weight excluding hydrogens is 205 g/mol. The maximum atomic E-state index is 12.8. The molecule has 1 N–H and O–H groups in total. The van der Waals surface area contributed by atoms with E-state index >= 15 is 0 Å². The van der Waals surface area contributed by atoms with Crippen molar-refractivity contribution in [3.05, 3.63) is 30.3 Å². The largest absolute Gasteiger partial charge is 0.319 e. The standard InChI is InChI=1S/C12H18NOP/c1-10-8-15(14,9-11(2)13-10)12-6-4-3-5-7-12/h3-7,10-11,13H,8-9H2,1-2H3. The van der Waals surface area contributed by atoms with Crippen LogP contribution in [0, 0.1) is 0 Å². The summed E-state index contributed by atoms with van der Waals surface area (Å²) >= 11 is 0. The topological polar surface area (TPSA) is 29.1 Å². The minimum atomic E-state index is -2.14. The molecule has 1 aliphatic rings. The first-order chi connectivity index (χ1) is 7.10. The third-order valence-electron chi connectivity index (χ3n) is 2.93. The van der Waals surface area contributed by atoms with E-state index in [2.05, 4.69) is 19.2 Å². The van der Waals surface area contributed by atoms with Crippen LogP contribution in [0.2, 0.25) is 0 Å². The van der Waals surface area contributed by atoms with Crippen LogP contribution in [-0.4, -0.2) is 24.4 Å². The van der Waals surface area contributed by atoms with Gasteiger partial charge in [0.15, 0.2) is 0 Å². The van der Waals surface area contributed by atoms with Crippen LogP contribution in [0.5, 0.6) is 0 Å². The van der Waals surface area contributed by atoms with Gasteiger partial charge in [0.2, 0.25) is 0 Å². The molecule has 0 saturated carbocycles. The van der Waals surface area contributed by atoms with Crippen molar-refractivity contribution >= 4 is 12.4 Å². The quantitative estimate of drug-likeness (QED) is 0.738. The van der Waals surface area contributed by atoms with Crippen molar-refractivity contribution in [1.82, 2.24) is 5.32 Å². The zero-order valence-corrected chi connectivity index (χ0v) is 10.2. The predicted octanol–water partition coefficient (Wildman–Crippen LogP) is 2.06. The fraction of sp³-hybridized carbons (Fsp3) is 0.500. The lowest BCUT2D eigenvalue weighted by Gasteiger charge is -2.33. The summed E-state index contributed by atoms with van der Waals surface area (Å²) in [7, 11) is -2.14. The van der Waals surface area contributed by atoms with E-state index in [1.807, 2.05) is 30.3 Å². The Kier molecular flexibility index (Phi) is 2.99. The van der Waals surface area contributed by atoms with E-state index in [9.17, 15) is 4.57 Å². The van der Waals surface area contributed by atoms with Gasteiger partial charge in [-0.05, 0) is 13.8 Å². The molecule has 0 aliphatic carbocycles. The molecule has 1 aromatic rings. The molecule has 15 heavy (non-hydrogen) atoms. The summed E-state index contributed by atoms with van der Waals surface area (Å²) < 4.78 is 12.8. The molecule has 2 atom stereocenters. The second-order valence-electron chi connectivity index (χ2n) is 4.56. The van der Waals surface area contributed by atoms with Gasteiger partial charge in [0, 0.05) is 29.7 Å². The Balaban J connectivity index is 2.30. The zero-order valence-electron chi connectivity index (χ0n) is 9.31. The normalized spacial score (nSPS) is 36.4. The second-order valence-corrected chi connectivity index (χ2v) is 7.58. The van der Waals surface area contributed by atoms with Crippen LogP contribution in [0.15, 0.2) is 30.3 Å². The summed E-state index contributed by atoms with van der Waals surface area (Å²) in [6.07, 6.45) is 1.59. The summed E-state index contributed by atoms with van der Waals surface area (Å²) in [5.41, 5.74) is 0. The Morgan fingerprint density at radius 2 is 1.67 bits per heavy atom. The number of benzene rings is 1. The minimum Gasteiger partial charge on any atom is -0.319 e. The molecule has 0 radical (unpaired) electrons. The first kappa shape index (κ1) is 10.9. The van der Waals surface area contributed by atoms with Gasteiger partial charge in [0.25, 0.3) is 0 Å². The molecule has 3 heteroatoms. The molecule has 0 aromatic heterocycles. The van der Waals surface area contributed by atoms with Crippen LogP contribution < -0.4 is 10.6 Å². The van der Waals surface area contributed by atoms with Crippen molar-refractivity contribution in [1.29, 1.82) is 0 Å². The maximum Gasteiger partial charge on any atom is 0.118 e. The summed E-state index contributed by atoms with van der Waals surface area (Å²) in [6.45, 7) is 4.23. The van der Waals surface area contributed by atoms with Crippen LogP contribution >= 0.6 is 7.14 Å². The van der Waals surface area contributed by atoms with Crippen molar-refractivity contribution in [3.8, 4) is 0 Å². The smallest absolute Gasteiger partial charge is 0.118 e. The van der Waals surface area contributed by atoms with E-state index < -0.39 is 7.14 Å². The summed E-state index contributed by atoms with van der Waals surface area (Å²) in [6, 6.07) is 10.7. The van der Waals surface area contributed by atoms with Crippen molar-refractivity contribution in [3.63, 3.8) is 0 Å². The number of hydrogen-bond donors (Lipinski definition) is 1. The maximum absolute atomic E-state index is 12.8. The van der Waals surface area contributed by atoms with Gasteiger partial charge >= 0.3 is 0 Å². The molecule has 2 unspecified atom stereocenters. The number of hydrogen-bond acceptors (Lipinski definition) is 2. The summed E-state index contributed by atoms with van der Waals surface area (Å²) in [5, 5.41) is 4.48. The van der Waals surface area contributed by atoms with Crippen LogP contribution in [0.3, 0.4) is 0 Å². The first-order valence-corrected chi connectivity index (χ1v) is 7.58. The Labute approximate surface area is 91.5 Å². The van der Waals surface area contributed by atoms with Gasteiger partial charge in [-0.3, -0.25) is 0 Å². The molecule has 1 saturated heterocycles. The molecule has 1 aromatic carbocycles. The fourth-order valence-corrected chi connectivity index (χ4v) is 5.73. The lowest BCUT2D eigenvalue weighted by Crippen LogP contribution is -2.45. The predicted molar refractivity (Wildman–Crippen MR) is 65.5 cm³/mol. The molecule has 1 aliphatic heterocycles. The lowest BCUT2D eigenvalue weighted by atomic mass is 10.3. The Morgan fingerprint density at radius 3 is 2.20 bits per heavy atom.